The molecular weight excluding hydrogens is 226 g/mol. The topological polar surface area (TPSA) is 49.3 Å². The Morgan fingerprint density at radius 1 is 1.06 bits per heavy atom. The van der Waals surface area contributed by atoms with Gasteiger partial charge in [0.05, 0.1) is 12.1 Å². The zero-order valence-electron chi connectivity index (χ0n) is 10.6. The molecule has 0 aromatic heterocycles. The van der Waals surface area contributed by atoms with Gasteiger partial charge in [-0.1, -0.05) is 43.9 Å². The van der Waals surface area contributed by atoms with Gasteiger partial charge in [-0.3, -0.25) is 4.79 Å². The molecule has 1 saturated carbocycles. The number of hydrogen-bond acceptors (Lipinski definition) is 2. The van der Waals surface area contributed by atoms with Gasteiger partial charge in [0.2, 0.25) is 0 Å². The van der Waals surface area contributed by atoms with Crippen LogP contribution in [-0.2, 0) is 0 Å². The average Bonchev–Trinajstić information content (AvgIpc) is 2.39. The molecule has 18 heavy (non-hydrogen) atoms. The maximum absolute atomic E-state index is 12.0. The van der Waals surface area contributed by atoms with Crippen molar-refractivity contribution in [3.63, 3.8) is 0 Å². The number of rotatable bonds is 2. The van der Waals surface area contributed by atoms with Crippen molar-refractivity contribution in [2.75, 3.05) is 0 Å². The lowest BCUT2D eigenvalue weighted by Crippen LogP contribution is -2.43. The highest BCUT2D eigenvalue weighted by Gasteiger charge is 2.22. The summed E-state index contributed by atoms with van der Waals surface area (Å²) in [7, 11) is 0. The normalized spacial score (nSPS) is 24.9. The second-order valence-electron chi connectivity index (χ2n) is 5.00. The number of amides is 1. The average molecular weight is 247 g/mol. The Morgan fingerprint density at radius 3 is 2.44 bits per heavy atom. The predicted molar refractivity (Wildman–Crippen MR) is 71.4 cm³/mol. The Bertz CT molecular complexity index is 377. The van der Waals surface area contributed by atoms with Crippen molar-refractivity contribution >= 4 is 5.91 Å². The largest absolute Gasteiger partial charge is 0.391 e. The Kier molecular flexibility index (Phi) is 4.76. The maximum Gasteiger partial charge on any atom is 0.251 e. The summed E-state index contributed by atoms with van der Waals surface area (Å²) in [5.41, 5.74) is 0.659. The van der Waals surface area contributed by atoms with E-state index in [1.54, 1.807) is 12.1 Å². The predicted octanol–water partition coefficient (Wildman–Crippen LogP) is 2.50. The number of nitrogens with one attached hydrogen (secondary N) is 1. The molecule has 0 heterocycles. The number of aliphatic hydroxyl groups excluding tert-OH is 1. The number of aliphatic hydroxyl groups is 1. The monoisotopic (exact) mass is 247 g/mol. The van der Waals surface area contributed by atoms with Crippen molar-refractivity contribution < 1.29 is 9.90 Å². The molecule has 1 aliphatic rings. The Morgan fingerprint density at radius 2 is 1.72 bits per heavy atom. The highest BCUT2D eigenvalue weighted by Crippen LogP contribution is 2.18. The zero-order chi connectivity index (χ0) is 12.8. The summed E-state index contributed by atoms with van der Waals surface area (Å²) in [4.78, 5) is 12.0. The minimum atomic E-state index is -0.405. The first-order chi connectivity index (χ1) is 8.77. The van der Waals surface area contributed by atoms with Gasteiger partial charge >= 0.3 is 0 Å². The van der Waals surface area contributed by atoms with Crippen molar-refractivity contribution in [1.29, 1.82) is 0 Å². The maximum atomic E-state index is 12.0. The van der Waals surface area contributed by atoms with Crippen molar-refractivity contribution in [2.45, 2.75) is 50.7 Å². The van der Waals surface area contributed by atoms with Crippen molar-refractivity contribution in [2.24, 2.45) is 0 Å². The van der Waals surface area contributed by atoms with Crippen LogP contribution in [0, 0.1) is 0 Å². The number of benzene rings is 1. The number of carbonyl (C=O) groups is 1. The summed E-state index contributed by atoms with van der Waals surface area (Å²) in [6.07, 6.45) is 5.79. The van der Waals surface area contributed by atoms with E-state index in [1.807, 2.05) is 18.2 Å². The van der Waals surface area contributed by atoms with Crippen LogP contribution < -0.4 is 5.32 Å². The molecule has 0 radical (unpaired) electrons. The van der Waals surface area contributed by atoms with Gasteiger partial charge in [-0.05, 0) is 25.0 Å². The molecule has 1 aliphatic carbocycles. The molecule has 1 amide bonds. The van der Waals surface area contributed by atoms with Gasteiger partial charge in [0.25, 0.3) is 5.91 Å². The van der Waals surface area contributed by atoms with E-state index >= 15 is 0 Å². The van der Waals surface area contributed by atoms with Crippen molar-refractivity contribution in [3.8, 4) is 0 Å². The van der Waals surface area contributed by atoms with E-state index < -0.39 is 6.10 Å². The lowest BCUT2D eigenvalue weighted by molar-refractivity contribution is 0.0771. The molecule has 98 valence electrons. The lowest BCUT2D eigenvalue weighted by Gasteiger charge is -2.26. The molecule has 3 nitrogen and oxygen atoms in total. The molecule has 0 unspecified atom stereocenters. The number of carbonyl (C=O) groups excluding carboxylic acids is 1. The van der Waals surface area contributed by atoms with Gasteiger partial charge in [0.1, 0.15) is 0 Å². The van der Waals surface area contributed by atoms with E-state index in [2.05, 4.69) is 5.32 Å². The minimum Gasteiger partial charge on any atom is -0.391 e. The smallest absolute Gasteiger partial charge is 0.251 e. The standard InChI is InChI=1S/C15H21NO2/c17-14-11-7-2-1-6-10-13(14)16-15(18)12-8-4-3-5-9-12/h3-5,8-9,13-14,17H,1-2,6-7,10-11H2,(H,16,18)/t13-,14+/m0/s1. The van der Waals surface area contributed by atoms with Crippen LogP contribution in [0.25, 0.3) is 0 Å². The molecule has 0 aliphatic heterocycles. The van der Waals surface area contributed by atoms with Crippen LogP contribution >= 0.6 is 0 Å². The SMILES string of the molecule is O=C(N[C@H]1CCCCCC[C@H]1O)c1ccccc1. The molecule has 0 spiro atoms. The third-order valence-electron chi connectivity index (χ3n) is 3.58. The number of hydrogen-bond donors (Lipinski definition) is 2. The van der Waals surface area contributed by atoms with Crippen LogP contribution in [0.15, 0.2) is 30.3 Å². The van der Waals surface area contributed by atoms with Gasteiger partial charge < -0.3 is 10.4 Å². The molecule has 0 saturated heterocycles. The fourth-order valence-corrected chi connectivity index (χ4v) is 2.47. The highest BCUT2D eigenvalue weighted by atomic mass is 16.3. The zero-order valence-corrected chi connectivity index (χ0v) is 10.6. The molecule has 0 bridgehead atoms. The van der Waals surface area contributed by atoms with Gasteiger partial charge in [-0.2, -0.15) is 0 Å². The van der Waals surface area contributed by atoms with E-state index in [0.717, 1.165) is 25.7 Å². The first kappa shape index (κ1) is 13.1. The van der Waals surface area contributed by atoms with Crippen molar-refractivity contribution in [1.82, 2.24) is 5.32 Å². The highest BCUT2D eigenvalue weighted by molar-refractivity contribution is 5.94. The summed E-state index contributed by atoms with van der Waals surface area (Å²) in [6, 6.07) is 9.09. The van der Waals surface area contributed by atoms with E-state index in [4.69, 9.17) is 0 Å². The molecule has 2 N–H and O–H groups in total. The van der Waals surface area contributed by atoms with Crippen LogP contribution in [0.4, 0.5) is 0 Å². The Labute approximate surface area is 108 Å². The molecular formula is C15H21NO2. The molecule has 3 heteroatoms. The van der Waals surface area contributed by atoms with E-state index in [0.29, 0.717) is 5.56 Å². The molecule has 1 aromatic carbocycles. The minimum absolute atomic E-state index is 0.0831. The summed E-state index contributed by atoms with van der Waals surface area (Å²) >= 11 is 0. The third-order valence-corrected chi connectivity index (χ3v) is 3.58. The molecule has 2 rings (SSSR count). The van der Waals surface area contributed by atoms with Gasteiger partial charge in [0.15, 0.2) is 0 Å². The third kappa shape index (κ3) is 3.57. The first-order valence-corrected chi connectivity index (χ1v) is 6.81. The van der Waals surface area contributed by atoms with Gasteiger partial charge in [-0.15, -0.1) is 0 Å². The molecule has 1 aromatic rings. The fraction of sp³-hybridized carbons (Fsp3) is 0.533. The summed E-state index contributed by atoms with van der Waals surface area (Å²) in [5, 5.41) is 13.0. The second kappa shape index (κ2) is 6.55. The van der Waals surface area contributed by atoms with Gasteiger partial charge in [-0.25, -0.2) is 0 Å². The summed E-state index contributed by atoms with van der Waals surface area (Å²) in [6.45, 7) is 0. The van der Waals surface area contributed by atoms with Crippen molar-refractivity contribution in [3.05, 3.63) is 35.9 Å². The van der Waals surface area contributed by atoms with Crippen LogP contribution in [-0.4, -0.2) is 23.2 Å². The van der Waals surface area contributed by atoms with E-state index in [9.17, 15) is 9.90 Å². The fourth-order valence-electron chi connectivity index (χ4n) is 2.47. The van der Waals surface area contributed by atoms with Crippen LogP contribution in [0.5, 0.6) is 0 Å². The first-order valence-electron chi connectivity index (χ1n) is 6.81. The Hall–Kier alpha value is -1.35. The van der Waals surface area contributed by atoms with Crippen LogP contribution in [0.2, 0.25) is 0 Å². The van der Waals surface area contributed by atoms with E-state index in [1.165, 1.54) is 12.8 Å². The molecule has 1 fully saturated rings. The Balaban J connectivity index is 1.96. The quantitative estimate of drug-likeness (QED) is 0.843. The van der Waals surface area contributed by atoms with E-state index in [-0.39, 0.29) is 11.9 Å². The summed E-state index contributed by atoms with van der Waals surface area (Å²) < 4.78 is 0. The lowest BCUT2D eigenvalue weighted by atomic mass is 9.94. The summed E-state index contributed by atoms with van der Waals surface area (Å²) in [5.74, 6) is -0.0831. The van der Waals surface area contributed by atoms with Crippen LogP contribution in [0.3, 0.4) is 0 Å². The molecule has 2 atom stereocenters. The van der Waals surface area contributed by atoms with Gasteiger partial charge in [0, 0.05) is 5.56 Å². The van der Waals surface area contributed by atoms with Crippen LogP contribution in [0.1, 0.15) is 48.9 Å². The second-order valence-corrected chi connectivity index (χ2v) is 5.00.